The van der Waals surface area contributed by atoms with Crippen molar-refractivity contribution >= 4 is 5.78 Å². The summed E-state index contributed by atoms with van der Waals surface area (Å²) in [6, 6.07) is 2.37. The van der Waals surface area contributed by atoms with Crippen molar-refractivity contribution in [1.29, 1.82) is 5.26 Å². The van der Waals surface area contributed by atoms with Gasteiger partial charge in [-0.05, 0) is 19.3 Å². The highest BCUT2D eigenvalue weighted by Crippen LogP contribution is 2.54. The smallest absolute Gasteiger partial charge is 0.136 e. The highest BCUT2D eigenvalue weighted by atomic mass is 16.5. The van der Waals surface area contributed by atoms with E-state index in [2.05, 4.69) is 6.07 Å². The number of carbonyl (C=O) groups excluding carboxylic acids is 1. The fourth-order valence-corrected chi connectivity index (χ4v) is 3.30. The molecule has 14 heavy (non-hydrogen) atoms. The van der Waals surface area contributed by atoms with Crippen LogP contribution >= 0.6 is 0 Å². The van der Waals surface area contributed by atoms with E-state index in [-0.39, 0.29) is 17.3 Å². The molecule has 2 aliphatic heterocycles. The number of ether oxygens (including phenoxy) is 1. The average Bonchev–Trinajstić information content (AvgIpc) is 2.73. The molecule has 3 fully saturated rings. The molecule has 0 aromatic heterocycles. The van der Waals surface area contributed by atoms with Gasteiger partial charge in [0, 0.05) is 18.8 Å². The van der Waals surface area contributed by atoms with Gasteiger partial charge in [-0.3, -0.25) is 4.79 Å². The molecule has 0 aromatic carbocycles. The molecule has 0 aromatic rings. The molecule has 3 aliphatic rings. The number of rotatable bonds is 1. The van der Waals surface area contributed by atoms with Crippen LogP contribution in [-0.2, 0) is 9.53 Å². The van der Waals surface area contributed by atoms with Gasteiger partial charge in [0.2, 0.25) is 0 Å². The molecule has 1 aliphatic carbocycles. The number of ketones is 1. The monoisotopic (exact) mass is 191 g/mol. The van der Waals surface area contributed by atoms with E-state index in [1.54, 1.807) is 0 Å². The Hall–Kier alpha value is -0.880. The van der Waals surface area contributed by atoms with E-state index in [0.29, 0.717) is 24.9 Å². The quantitative estimate of drug-likeness (QED) is 0.630. The maximum atomic E-state index is 11.0. The minimum atomic E-state index is -0.350. The predicted molar refractivity (Wildman–Crippen MR) is 48.3 cm³/mol. The highest BCUT2D eigenvalue weighted by Gasteiger charge is 2.57. The van der Waals surface area contributed by atoms with Gasteiger partial charge in [0.1, 0.15) is 5.78 Å². The zero-order valence-electron chi connectivity index (χ0n) is 8.03. The van der Waals surface area contributed by atoms with Crippen LogP contribution in [0, 0.1) is 22.7 Å². The molecule has 3 rings (SSSR count). The van der Waals surface area contributed by atoms with Gasteiger partial charge in [-0.2, -0.15) is 5.26 Å². The largest absolute Gasteiger partial charge is 0.375 e. The molecule has 2 saturated heterocycles. The molecule has 0 amide bonds. The molecule has 3 nitrogen and oxygen atoms in total. The van der Waals surface area contributed by atoms with E-state index in [1.165, 1.54) is 0 Å². The zero-order chi connectivity index (χ0) is 9.76. The van der Waals surface area contributed by atoms with E-state index in [4.69, 9.17) is 4.74 Å². The summed E-state index contributed by atoms with van der Waals surface area (Å²) >= 11 is 0. The lowest BCUT2D eigenvalue weighted by atomic mass is 9.58. The third-order valence-electron chi connectivity index (χ3n) is 4.06. The second-order valence-corrected chi connectivity index (χ2v) is 4.88. The van der Waals surface area contributed by atoms with Crippen LogP contribution in [0.2, 0.25) is 0 Å². The topological polar surface area (TPSA) is 50.1 Å². The molecule has 1 saturated carbocycles. The summed E-state index contributed by atoms with van der Waals surface area (Å²) in [6.45, 7) is 0. The van der Waals surface area contributed by atoms with Crippen LogP contribution in [0.1, 0.15) is 32.1 Å². The van der Waals surface area contributed by atoms with Gasteiger partial charge >= 0.3 is 0 Å². The number of fused-ring (bicyclic) bond motifs is 2. The van der Waals surface area contributed by atoms with Crippen molar-refractivity contribution in [1.82, 2.24) is 0 Å². The standard InChI is InChI=1S/C11H13NO2/c12-6-11(4-7(13)5-11)9-3-8-1-2-10(9)14-8/h8-10H,1-5H2. The van der Waals surface area contributed by atoms with Crippen LogP contribution in [0.25, 0.3) is 0 Å². The number of nitriles is 1. The van der Waals surface area contributed by atoms with Crippen LogP contribution in [0.3, 0.4) is 0 Å². The first-order valence-corrected chi connectivity index (χ1v) is 5.32. The van der Waals surface area contributed by atoms with Crippen molar-refractivity contribution in [2.45, 2.75) is 44.3 Å². The van der Waals surface area contributed by atoms with Gasteiger partial charge < -0.3 is 4.74 Å². The fourth-order valence-electron chi connectivity index (χ4n) is 3.30. The molecular weight excluding hydrogens is 178 g/mol. The SMILES string of the molecule is N#CC1(C2CC3CCC2O3)CC(=O)C1. The first-order chi connectivity index (χ1) is 6.73. The molecular formula is C11H13NO2. The second-order valence-electron chi connectivity index (χ2n) is 4.88. The molecule has 0 N–H and O–H groups in total. The van der Waals surface area contributed by atoms with E-state index in [0.717, 1.165) is 19.3 Å². The van der Waals surface area contributed by atoms with Crippen molar-refractivity contribution in [2.24, 2.45) is 11.3 Å². The maximum Gasteiger partial charge on any atom is 0.136 e. The molecule has 0 radical (unpaired) electrons. The number of nitrogens with zero attached hydrogens (tertiary/aromatic N) is 1. The van der Waals surface area contributed by atoms with Gasteiger partial charge in [-0.25, -0.2) is 0 Å². The third-order valence-corrected chi connectivity index (χ3v) is 4.06. The Bertz CT molecular complexity index is 323. The van der Waals surface area contributed by atoms with E-state index in [9.17, 15) is 10.1 Å². The summed E-state index contributed by atoms with van der Waals surface area (Å²) in [5.41, 5.74) is -0.350. The molecule has 74 valence electrons. The number of Topliss-reactive ketones (excluding diaryl/α,β-unsaturated/α-hetero) is 1. The molecule has 0 spiro atoms. The molecule has 3 heteroatoms. The summed E-state index contributed by atoms with van der Waals surface area (Å²) < 4.78 is 5.74. The highest BCUT2D eigenvalue weighted by molar-refractivity contribution is 5.87. The summed E-state index contributed by atoms with van der Waals surface area (Å²) in [5, 5.41) is 9.19. The normalized spacial score (nSPS) is 43.4. The molecule has 2 bridgehead atoms. The van der Waals surface area contributed by atoms with Crippen molar-refractivity contribution < 1.29 is 9.53 Å². The van der Waals surface area contributed by atoms with Crippen molar-refractivity contribution in [3.63, 3.8) is 0 Å². The van der Waals surface area contributed by atoms with Crippen LogP contribution in [0.15, 0.2) is 0 Å². The fraction of sp³-hybridized carbons (Fsp3) is 0.818. The molecule has 3 unspecified atom stereocenters. The van der Waals surface area contributed by atoms with Crippen LogP contribution in [-0.4, -0.2) is 18.0 Å². The Kier molecular flexibility index (Phi) is 1.55. The Balaban J connectivity index is 1.82. The third kappa shape index (κ3) is 0.923. The first-order valence-electron chi connectivity index (χ1n) is 5.32. The lowest BCUT2D eigenvalue weighted by molar-refractivity contribution is -0.133. The summed E-state index contributed by atoms with van der Waals surface area (Å²) in [5.74, 6) is 0.582. The lowest BCUT2D eigenvalue weighted by Crippen LogP contribution is -2.46. The van der Waals surface area contributed by atoms with Gasteiger partial charge in [0.05, 0.1) is 23.7 Å². The zero-order valence-corrected chi connectivity index (χ0v) is 8.03. The first kappa shape index (κ1) is 8.43. The van der Waals surface area contributed by atoms with Crippen molar-refractivity contribution in [3.05, 3.63) is 0 Å². The van der Waals surface area contributed by atoms with Gasteiger partial charge in [0.25, 0.3) is 0 Å². The lowest BCUT2D eigenvalue weighted by Gasteiger charge is -2.41. The summed E-state index contributed by atoms with van der Waals surface area (Å²) in [7, 11) is 0. The van der Waals surface area contributed by atoms with Crippen LogP contribution in [0.5, 0.6) is 0 Å². The Morgan fingerprint density at radius 1 is 1.43 bits per heavy atom. The summed E-state index contributed by atoms with van der Waals surface area (Å²) in [4.78, 5) is 11.0. The van der Waals surface area contributed by atoms with Crippen molar-refractivity contribution in [2.75, 3.05) is 0 Å². The molecule has 2 heterocycles. The second kappa shape index (κ2) is 2.58. The summed E-state index contributed by atoms with van der Waals surface area (Å²) in [6.07, 6.45) is 4.84. The predicted octanol–water partition coefficient (Wildman–Crippen LogP) is 1.43. The van der Waals surface area contributed by atoms with Crippen LogP contribution in [0.4, 0.5) is 0 Å². The maximum absolute atomic E-state index is 11.0. The van der Waals surface area contributed by atoms with Crippen LogP contribution < -0.4 is 0 Å². The Morgan fingerprint density at radius 3 is 2.64 bits per heavy atom. The van der Waals surface area contributed by atoms with Gasteiger partial charge in [-0.15, -0.1) is 0 Å². The van der Waals surface area contributed by atoms with E-state index >= 15 is 0 Å². The Labute approximate surface area is 83.0 Å². The van der Waals surface area contributed by atoms with Gasteiger partial charge in [0.15, 0.2) is 0 Å². The van der Waals surface area contributed by atoms with Gasteiger partial charge in [-0.1, -0.05) is 0 Å². The Morgan fingerprint density at radius 2 is 2.21 bits per heavy atom. The minimum Gasteiger partial charge on any atom is -0.375 e. The number of hydrogen-bond donors (Lipinski definition) is 0. The van der Waals surface area contributed by atoms with Crippen molar-refractivity contribution in [3.8, 4) is 6.07 Å². The number of hydrogen-bond acceptors (Lipinski definition) is 3. The van der Waals surface area contributed by atoms with E-state index in [1.807, 2.05) is 0 Å². The molecule has 3 atom stereocenters. The van der Waals surface area contributed by atoms with E-state index < -0.39 is 0 Å². The average molecular weight is 191 g/mol. The minimum absolute atomic E-state index is 0.245. The number of carbonyl (C=O) groups is 1.